The van der Waals surface area contributed by atoms with Gasteiger partial charge in [0.1, 0.15) is 11.4 Å². The third-order valence-corrected chi connectivity index (χ3v) is 8.73. The van der Waals surface area contributed by atoms with Crippen LogP contribution in [0.5, 0.6) is 0 Å². The Labute approximate surface area is 229 Å². The Hall–Kier alpha value is -3.09. The van der Waals surface area contributed by atoms with Crippen LogP contribution in [-0.4, -0.2) is 16.6 Å². The van der Waals surface area contributed by atoms with E-state index >= 15 is 0 Å². The van der Waals surface area contributed by atoms with Crippen LogP contribution in [0, 0.1) is 17.7 Å². The van der Waals surface area contributed by atoms with E-state index in [0.29, 0.717) is 17.9 Å². The molecule has 1 amide bonds. The van der Waals surface area contributed by atoms with Gasteiger partial charge in [0.05, 0.1) is 17.4 Å². The Balaban J connectivity index is 1.43. The molecule has 0 fully saturated rings. The molecule has 38 heavy (non-hydrogen) atoms. The highest BCUT2D eigenvalue weighted by Crippen LogP contribution is 2.50. The summed E-state index contributed by atoms with van der Waals surface area (Å²) in [5.41, 5.74) is 8.90. The van der Waals surface area contributed by atoms with E-state index < -0.39 is 5.60 Å². The van der Waals surface area contributed by atoms with Crippen LogP contribution in [0.3, 0.4) is 0 Å². The molecule has 5 nitrogen and oxygen atoms in total. The number of hydrogen-bond donors (Lipinski definition) is 3. The summed E-state index contributed by atoms with van der Waals surface area (Å²) in [6, 6.07) is 13.9. The van der Waals surface area contributed by atoms with Crippen molar-refractivity contribution in [3.63, 3.8) is 0 Å². The van der Waals surface area contributed by atoms with E-state index in [-0.39, 0.29) is 29.6 Å². The maximum absolute atomic E-state index is 13.5. The molecule has 1 unspecified atom stereocenters. The van der Waals surface area contributed by atoms with Crippen molar-refractivity contribution in [2.24, 2.45) is 11.8 Å². The summed E-state index contributed by atoms with van der Waals surface area (Å²) >= 11 is 6.16. The van der Waals surface area contributed by atoms with Gasteiger partial charge in [-0.1, -0.05) is 50.1 Å². The molecule has 0 saturated heterocycles. The molecule has 5 rings (SSSR count). The van der Waals surface area contributed by atoms with Crippen molar-refractivity contribution in [3.05, 3.63) is 99.6 Å². The zero-order chi connectivity index (χ0) is 27.0. The normalized spacial score (nSPS) is 21.4. The number of benzene rings is 2. The van der Waals surface area contributed by atoms with Crippen LogP contribution in [0.15, 0.2) is 83.2 Å². The number of carbonyl (C=O) groups is 1. The molecule has 7 heteroatoms. The number of halogens is 2. The molecule has 2 aliphatic carbocycles. The zero-order valence-electron chi connectivity index (χ0n) is 22.1. The van der Waals surface area contributed by atoms with Gasteiger partial charge in [0, 0.05) is 22.7 Å². The number of anilines is 1. The first-order valence-corrected chi connectivity index (χ1v) is 13.9. The van der Waals surface area contributed by atoms with Crippen LogP contribution in [0.25, 0.3) is 0 Å². The molecule has 0 spiro atoms. The molecular weight excluding hydrogens is 501 g/mol. The lowest BCUT2D eigenvalue weighted by Gasteiger charge is -2.32. The number of hydrazine groups is 1. The standard InChI is InChI=1S/C31H35ClFN3O2/c1-4-31(38,5-2)30(37)35-27(20-8-10-23(32)11-9-20)16-21-6-7-22-17-28-26(19(3)29(21)22)18-34-36(28)25-14-12-24(33)13-15-25/h8-15,17-19,21,27,34,38H,4-7,16H2,1-3H3,(H,35,37)/t19-,21+,27?/m0/s1. The highest BCUT2D eigenvalue weighted by Gasteiger charge is 2.40. The number of aliphatic hydroxyl groups is 1. The monoisotopic (exact) mass is 535 g/mol. The lowest BCUT2D eigenvalue weighted by Crippen LogP contribution is -2.47. The zero-order valence-corrected chi connectivity index (χ0v) is 22.9. The minimum absolute atomic E-state index is 0.209. The highest BCUT2D eigenvalue weighted by molar-refractivity contribution is 6.30. The predicted octanol–water partition coefficient (Wildman–Crippen LogP) is 6.73. The Kier molecular flexibility index (Phi) is 7.38. The van der Waals surface area contributed by atoms with E-state index in [9.17, 15) is 14.3 Å². The largest absolute Gasteiger partial charge is 0.380 e. The predicted molar refractivity (Wildman–Crippen MR) is 150 cm³/mol. The highest BCUT2D eigenvalue weighted by atomic mass is 35.5. The van der Waals surface area contributed by atoms with Crippen LogP contribution in [-0.2, 0) is 4.79 Å². The number of allylic oxidation sites excluding steroid dienone is 4. The Morgan fingerprint density at radius 2 is 1.87 bits per heavy atom. The van der Waals surface area contributed by atoms with Crippen molar-refractivity contribution in [1.82, 2.24) is 10.7 Å². The maximum Gasteiger partial charge on any atom is 0.252 e. The number of carbonyl (C=O) groups excluding carboxylic acids is 1. The first-order valence-electron chi connectivity index (χ1n) is 13.5. The quantitative estimate of drug-likeness (QED) is 0.351. The molecule has 0 radical (unpaired) electrons. The molecule has 2 aromatic carbocycles. The van der Waals surface area contributed by atoms with Gasteiger partial charge < -0.3 is 15.8 Å². The van der Waals surface area contributed by atoms with E-state index in [0.717, 1.165) is 36.2 Å². The van der Waals surface area contributed by atoms with Gasteiger partial charge in [-0.25, -0.2) is 4.39 Å². The molecule has 0 bridgehead atoms. The number of amides is 1. The fraction of sp³-hybridized carbons (Fsp3) is 0.387. The van der Waals surface area contributed by atoms with Gasteiger partial charge in [-0.15, -0.1) is 0 Å². The summed E-state index contributed by atoms with van der Waals surface area (Å²) in [7, 11) is 0. The second kappa shape index (κ2) is 10.6. The fourth-order valence-electron chi connectivity index (χ4n) is 6.08. The summed E-state index contributed by atoms with van der Waals surface area (Å²) in [6.45, 7) is 5.91. The van der Waals surface area contributed by atoms with Gasteiger partial charge in [-0.3, -0.25) is 9.80 Å². The smallest absolute Gasteiger partial charge is 0.252 e. The minimum Gasteiger partial charge on any atom is -0.380 e. The average molecular weight is 536 g/mol. The summed E-state index contributed by atoms with van der Waals surface area (Å²) in [6.07, 6.45) is 7.73. The molecule has 3 N–H and O–H groups in total. The van der Waals surface area contributed by atoms with E-state index in [1.165, 1.54) is 28.9 Å². The van der Waals surface area contributed by atoms with Crippen molar-refractivity contribution in [1.29, 1.82) is 0 Å². The molecule has 200 valence electrons. The van der Waals surface area contributed by atoms with E-state index in [4.69, 9.17) is 11.6 Å². The molecule has 1 heterocycles. The molecule has 3 aliphatic rings. The number of fused-ring (bicyclic) bond motifs is 1. The van der Waals surface area contributed by atoms with Crippen molar-refractivity contribution in [3.8, 4) is 0 Å². The van der Waals surface area contributed by atoms with Gasteiger partial charge in [-0.05, 0) is 91.6 Å². The molecular formula is C31H35ClFN3O2. The van der Waals surface area contributed by atoms with Gasteiger partial charge >= 0.3 is 0 Å². The molecule has 0 aromatic heterocycles. The number of rotatable bonds is 8. The van der Waals surface area contributed by atoms with Crippen molar-refractivity contribution in [2.45, 2.75) is 64.5 Å². The van der Waals surface area contributed by atoms with Crippen LogP contribution in [0.1, 0.15) is 64.5 Å². The van der Waals surface area contributed by atoms with Crippen LogP contribution in [0.4, 0.5) is 10.1 Å². The van der Waals surface area contributed by atoms with E-state index in [2.05, 4.69) is 23.7 Å². The topological polar surface area (TPSA) is 64.6 Å². The second-order valence-electron chi connectivity index (χ2n) is 10.6. The van der Waals surface area contributed by atoms with E-state index in [1.807, 2.05) is 49.3 Å². The molecule has 3 atom stereocenters. The van der Waals surface area contributed by atoms with Gasteiger partial charge in [0.2, 0.25) is 0 Å². The van der Waals surface area contributed by atoms with Crippen LogP contribution < -0.4 is 15.8 Å². The number of nitrogens with one attached hydrogen (secondary N) is 2. The first kappa shape index (κ1) is 26.5. The van der Waals surface area contributed by atoms with Crippen molar-refractivity contribution < 1.29 is 14.3 Å². The van der Waals surface area contributed by atoms with Crippen LogP contribution >= 0.6 is 11.6 Å². The van der Waals surface area contributed by atoms with Gasteiger partial charge in [-0.2, -0.15) is 0 Å². The lowest BCUT2D eigenvalue weighted by molar-refractivity contribution is -0.141. The lowest BCUT2D eigenvalue weighted by atomic mass is 9.78. The third-order valence-electron chi connectivity index (χ3n) is 8.48. The minimum atomic E-state index is -1.38. The number of nitrogens with zero attached hydrogens (tertiary/aromatic N) is 1. The number of hydrogen-bond acceptors (Lipinski definition) is 4. The second-order valence-corrected chi connectivity index (χ2v) is 11.0. The maximum atomic E-state index is 13.5. The summed E-state index contributed by atoms with van der Waals surface area (Å²) in [4.78, 5) is 13.2. The molecule has 0 saturated carbocycles. The van der Waals surface area contributed by atoms with Crippen molar-refractivity contribution >= 4 is 23.2 Å². The van der Waals surface area contributed by atoms with Crippen LogP contribution in [0.2, 0.25) is 5.02 Å². The summed E-state index contributed by atoms with van der Waals surface area (Å²) < 4.78 is 13.5. The first-order chi connectivity index (χ1) is 18.2. The Morgan fingerprint density at radius 1 is 1.18 bits per heavy atom. The summed E-state index contributed by atoms with van der Waals surface area (Å²) in [5.74, 6) is -0.0864. The van der Waals surface area contributed by atoms with Gasteiger partial charge in [0.15, 0.2) is 0 Å². The SMILES string of the molecule is CCC(O)(CC)C(=O)NC(C[C@H]1CCC2=C1[C@@H](C)C1=CNN(c3ccc(F)cc3)C1=C2)c1ccc(Cl)cc1. The Morgan fingerprint density at radius 3 is 2.53 bits per heavy atom. The van der Waals surface area contributed by atoms with E-state index in [1.54, 1.807) is 12.1 Å². The molecule has 2 aromatic rings. The van der Waals surface area contributed by atoms with Gasteiger partial charge in [0.25, 0.3) is 5.91 Å². The van der Waals surface area contributed by atoms with Crippen molar-refractivity contribution in [2.75, 3.05) is 5.01 Å². The third kappa shape index (κ3) is 4.87. The summed E-state index contributed by atoms with van der Waals surface area (Å²) in [5, 5.41) is 16.7. The fourth-order valence-corrected chi connectivity index (χ4v) is 6.21. The molecule has 1 aliphatic heterocycles. The Bertz CT molecular complexity index is 1300. The average Bonchev–Trinajstić information content (AvgIpc) is 3.53.